The van der Waals surface area contributed by atoms with Gasteiger partial charge in [0.1, 0.15) is 0 Å². The van der Waals surface area contributed by atoms with Gasteiger partial charge in [0, 0.05) is 31.1 Å². The largest absolute Gasteiger partial charge is 0.379 e. The number of morpholine rings is 1. The van der Waals surface area contributed by atoms with Gasteiger partial charge >= 0.3 is 0 Å². The van der Waals surface area contributed by atoms with Gasteiger partial charge < -0.3 is 24.8 Å². The lowest BCUT2D eigenvalue weighted by Crippen LogP contribution is -2.41. The van der Waals surface area contributed by atoms with Gasteiger partial charge in [0.15, 0.2) is 0 Å². The minimum Gasteiger partial charge on any atom is -0.379 e. The number of anilines is 2. The average molecular weight is 391 g/mol. The maximum absolute atomic E-state index is 12.1. The molecular weight excluding hydrogens is 362 g/mol. The molecule has 2 aliphatic heterocycles. The average Bonchev–Trinajstić information content (AvgIpc) is 3.21. The Hall–Kier alpha value is -2.00. The second-order valence-corrected chi connectivity index (χ2v) is 7.02. The number of hydrogen-bond acceptors (Lipinski definition) is 6. The van der Waals surface area contributed by atoms with E-state index in [0.717, 1.165) is 32.5 Å². The van der Waals surface area contributed by atoms with Gasteiger partial charge in [0.05, 0.1) is 45.5 Å². The summed E-state index contributed by atoms with van der Waals surface area (Å²) >= 11 is 0. The van der Waals surface area contributed by atoms with Crippen molar-refractivity contribution in [2.45, 2.75) is 25.4 Å². The van der Waals surface area contributed by atoms with Gasteiger partial charge in [-0.05, 0) is 37.1 Å². The summed E-state index contributed by atoms with van der Waals surface area (Å²) in [6, 6.07) is 7.10. The van der Waals surface area contributed by atoms with Crippen LogP contribution in [0, 0.1) is 0 Å². The Kier molecular flexibility index (Phi) is 8.23. The van der Waals surface area contributed by atoms with Crippen molar-refractivity contribution < 1.29 is 23.8 Å². The lowest BCUT2D eigenvalue weighted by molar-refractivity contribution is -0.118. The van der Waals surface area contributed by atoms with Crippen molar-refractivity contribution in [3.05, 3.63) is 24.3 Å². The molecule has 2 aliphatic rings. The minimum atomic E-state index is -0.101. The van der Waals surface area contributed by atoms with Crippen LogP contribution in [0.25, 0.3) is 0 Å². The summed E-state index contributed by atoms with van der Waals surface area (Å²) in [4.78, 5) is 26.1. The van der Waals surface area contributed by atoms with E-state index < -0.39 is 0 Å². The SMILES string of the molecule is O=C(CCOCC1CCCO1)Nc1ccc(NC(=O)CN2CCOCC2)cc1. The molecule has 154 valence electrons. The Morgan fingerprint density at radius 3 is 2.36 bits per heavy atom. The van der Waals surface area contributed by atoms with Crippen LogP contribution in [0.15, 0.2) is 24.3 Å². The van der Waals surface area contributed by atoms with Crippen LogP contribution in [0.1, 0.15) is 19.3 Å². The molecule has 0 saturated carbocycles. The second kappa shape index (κ2) is 11.1. The van der Waals surface area contributed by atoms with Gasteiger partial charge in [-0.1, -0.05) is 0 Å². The van der Waals surface area contributed by atoms with Crippen LogP contribution in [0.2, 0.25) is 0 Å². The van der Waals surface area contributed by atoms with Gasteiger partial charge in [-0.2, -0.15) is 0 Å². The quantitative estimate of drug-likeness (QED) is 0.620. The first-order valence-electron chi connectivity index (χ1n) is 9.88. The van der Waals surface area contributed by atoms with Crippen LogP contribution < -0.4 is 10.6 Å². The summed E-state index contributed by atoms with van der Waals surface area (Å²) in [5.41, 5.74) is 1.39. The lowest BCUT2D eigenvalue weighted by atomic mass is 10.2. The molecule has 1 aromatic carbocycles. The molecule has 28 heavy (non-hydrogen) atoms. The lowest BCUT2D eigenvalue weighted by Gasteiger charge is -2.25. The highest BCUT2D eigenvalue weighted by Crippen LogP contribution is 2.14. The number of rotatable bonds is 9. The Bertz CT molecular complexity index is 625. The Morgan fingerprint density at radius 2 is 1.71 bits per heavy atom. The molecular formula is C20H29N3O5. The fourth-order valence-corrected chi connectivity index (χ4v) is 3.18. The van der Waals surface area contributed by atoms with E-state index in [1.807, 2.05) is 0 Å². The predicted molar refractivity (Wildman–Crippen MR) is 105 cm³/mol. The Morgan fingerprint density at radius 1 is 1.04 bits per heavy atom. The number of hydrogen-bond donors (Lipinski definition) is 2. The second-order valence-electron chi connectivity index (χ2n) is 7.02. The highest BCUT2D eigenvalue weighted by Gasteiger charge is 2.16. The summed E-state index contributed by atoms with van der Waals surface area (Å²) in [5, 5.41) is 5.70. The number of carbonyl (C=O) groups is 2. The van der Waals surface area contributed by atoms with Gasteiger partial charge in [0.25, 0.3) is 0 Å². The molecule has 1 atom stereocenters. The molecule has 8 nitrogen and oxygen atoms in total. The molecule has 2 amide bonds. The topological polar surface area (TPSA) is 89.1 Å². The third-order valence-corrected chi connectivity index (χ3v) is 4.72. The van der Waals surface area contributed by atoms with Crippen molar-refractivity contribution in [2.75, 3.05) is 63.3 Å². The Labute approximate surface area is 165 Å². The van der Waals surface area contributed by atoms with Crippen LogP contribution in [0.3, 0.4) is 0 Å². The van der Waals surface area contributed by atoms with Crippen LogP contribution in [-0.4, -0.2) is 75.5 Å². The Balaban J connectivity index is 1.32. The van der Waals surface area contributed by atoms with Gasteiger partial charge in [-0.15, -0.1) is 0 Å². The first-order chi connectivity index (χ1) is 13.7. The molecule has 2 heterocycles. The highest BCUT2D eigenvalue weighted by atomic mass is 16.5. The van der Waals surface area contributed by atoms with E-state index >= 15 is 0 Å². The molecule has 8 heteroatoms. The third kappa shape index (κ3) is 7.20. The smallest absolute Gasteiger partial charge is 0.238 e. The molecule has 2 N–H and O–H groups in total. The molecule has 0 aromatic heterocycles. The molecule has 2 fully saturated rings. The standard InChI is InChI=1S/C20H29N3O5/c24-19(7-11-27-15-18-2-1-10-28-18)21-16-3-5-17(6-4-16)22-20(25)14-23-8-12-26-13-9-23/h3-6,18H,1-2,7-15H2,(H,21,24)(H,22,25). The van der Waals surface area contributed by atoms with E-state index in [-0.39, 0.29) is 17.9 Å². The maximum atomic E-state index is 12.1. The fourth-order valence-electron chi connectivity index (χ4n) is 3.18. The van der Waals surface area contributed by atoms with E-state index in [9.17, 15) is 9.59 Å². The monoisotopic (exact) mass is 391 g/mol. The number of benzene rings is 1. The minimum absolute atomic E-state index is 0.0536. The zero-order valence-corrected chi connectivity index (χ0v) is 16.2. The summed E-state index contributed by atoms with van der Waals surface area (Å²) in [5.74, 6) is -0.154. The number of amides is 2. The van der Waals surface area contributed by atoms with Crippen LogP contribution in [0.5, 0.6) is 0 Å². The summed E-state index contributed by atoms with van der Waals surface area (Å²) in [6.07, 6.45) is 2.58. The van der Waals surface area contributed by atoms with Crippen molar-refractivity contribution in [2.24, 2.45) is 0 Å². The van der Waals surface area contributed by atoms with Crippen molar-refractivity contribution in [3.63, 3.8) is 0 Å². The molecule has 0 radical (unpaired) electrons. The normalized spacial score (nSPS) is 20.1. The number of nitrogens with one attached hydrogen (secondary N) is 2. The molecule has 0 bridgehead atoms. The van der Waals surface area contributed by atoms with E-state index in [2.05, 4.69) is 15.5 Å². The zero-order chi connectivity index (χ0) is 19.6. The van der Waals surface area contributed by atoms with E-state index in [1.54, 1.807) is 24.3 Å². The van der Waals surface area contributed by atoms with Crippen molar-refractivity contribution in [1.29, 1.82) is 0 Å². The first kappa shape index (κ1) is 20.7. The molecule has 0 spiro atoms. The van der Waals surface area contributed by atoms with Crippen molar-refractivity contribution >= 4 is 23.2 Å². The van der Waals surface area contributed by atoms with Crippen LogP contribution in [0.4, 0.5) is 11.4 Å². The predicted octanol–water partition coefficient (Wildman–Crippen LogP) is 1.48. The van der Waals surface area contributed by atoms with Crippen molar-refractivity contribution in [1.82, 2.24) is 4.90 Å². The van der Waals surface area contributed by atoms with Crippen molar-refractivity contribution in [3.8, 4) is 0 Å². The van der Waals surface area contributed by atoms with Crippen LogP contribution >= 0.6 is 0 Å². The zero-order valence-electron chi connectivity index (χ0n) is 16.2. The van der Waals surface area contributed by atoms with E-state index in [1.165, 1.54) is 0 Å². The molecule has 3 rings (SSSR count). The first-order valence-corrected chi connectivity index (χ1v) is 9.88. The molecule has 1 aromatic rings. The summed E-state index contributed by atoms with van der Waals surface area (Å²) in [7, 11) is 0. The van der Waals surface area contributed by atoms with Gasteiger partial charge in [0.2, 0.25) is 11.8 Å². The van der Waals surface area contributed by atoms with Gasteiger partial charge in [-0.25, -0.2) is 0 Å². The fraction of sp³-hybridized carbons (Fsp3) is 0.600. The summed E-state index contributed by atoms with van der Waals surface area (Å²) in [6.45, 7) is 4.97. The molecule has 1 unspecified atom stereocenters. The van der Waals surface area contributed by atoms with Gasteiger partial charge in [-0.3, -0.25) is 14.5 Å². The molecule has 0 aliphatic carbocycles. The number of nitrogens with zero attached hydrogens (tertiary/aromatic N) is 1. The molecule has 2 saturated heterocycles. The third-order valence-electron chi connectivity index (χ3n) is 4.72. The van der Waals surface area contributed by atoms with Crippen LogP contribution in [-0.2, 0) is 23.8 Å². The number of ether oxygens (including phenoxy) is 3. The summed E-state index contributed by atoms with van der Waals surface area (Å²) < 4.78 is 16.3. The number of carbonyl (C=O) groups excluding carboxylic acids is 2. The van der Waals surface area contributed by atoms with E-state index in [4.69, 9.17) is 14.2 Å². The maximum Gasteiger partial charge on any atom is 0.238 e. The van der Waals surface area contributed by atoms with E-state index in [0.29, 0.717) is 50.8 Å². The highest BCUT2D eigenvalue weighted by molar-refractivity contribution is 5.93.